The van der Waals surface area contributed by atoms with E-state index in [1.165, 1.54) is 24.0 Å². The van der Waals surface area contributed by atoms with Gasteiger partial charge in [-0.2, -0.15) is 0 Å². The summed E-state index contributed by atoms with van der Waals surface area (Å²) < 4.78 is 5.82. The number of benzene rings is 1. The molecule has 1 aliphatic carbocycles. The molecule has 0 amide bonds. The van der Waals surface area contributed by atoms with E-state index < -0.39 is 0 Å². The van der Waals surface area contributed by atoms with Crippen LogP contribution in [0.1, 0.15) is 36.0 Å². The topological polar surface area (TPSA) is 21.3 Å². The highest BCUT2D eigenvalue weighted by atomic mass is 16.5. The monoisotopic (exact) mass is 203 g/mol. The lowest BCUT2D eigenvalue weighted by Gasteiger charge is -2.25. The summed E-state index contributed by atoms with van der Waals surface area (Å²) in [5, 5.41) is 3.39. The predicted octanol–water partition coefficient (Wildman–Crippen LogP) is 2.22. The molecule has 15 heavy (non-hydrogen) atoms. The molecule has 1 aromatic rings. The molecule has 1 saturated heterocycles. The van der Waals surface area contributed by atoms with Crippen molar-refractivity contribution in [2.24, 2.45) is 0 Å². The number of nitrogens with one attached hydrogen (secondary N) is 1. The number of ether oxygens (including phenoxy) is 1. The number of rotatable bonds is 2. The van der Waals surface area contributed by atoms with E-state index in [0.29, 0.717) is 0 Å². The quantitative estimate of drug-likeness (QED) is 0.795. The minimum Gasteiger partial charge on any atom is -0.371 e. The lowest BCUT2D eigenvalue weighted by molar-refractivity contribution is 0.0271. The van der Waals surface area contributed by atoms with Gasteiger partial charge < -0.3 is 10.1 Å². The van der Waals surface area contributed by atoms with E-state index in [2.05, 4.69) is 29.6 Å². The zero-order valence-corrected chi connectivity index (χ0v) is 8.91. The van der Waals surface area contributed by atoms with Crippen LogP contribution in [0.25, 0.3) is 0 Å². The summed E-state index contributed by atoms with van der Waals surface area (Å²) in [5.41, 5.74) is 2.93. The summed E-state index contributed by atoms with van der Waals surface area (Å²) in [5.74, 6) is 0.812. The van der Waals surface area contributed by atoms with Crippen LogP contribution in [0, 0.1) is 0 Å². The highest BCUT2D eigenvalue weighted by Gasteiger charge is 2.28. The van der Waals surface area contributed by atoms with Gasteiger partial charge in [0.25, 0.3) is 0 Å². The van der Waals surface area contributed by atoms with Gasteiger partial charge in [0.05, 0.1) is 12.7 Å². The Labute approximate surface area is 90.6 Å². The van der Waals surface area contributed by atoms with Crippen molar-refractivity contribution in [2.75, 3.05) is 19.7 Å². The van der Waals surface area contributed by atoms with Crippen LogP contribution in [0.5, 0.6) is 0 Å². The van der Waals surface area contributed by atoms with E-state index in [-0.39, 0.29) is 6.10 Å². The zero-order valence-electron chi connectivity index (χ0n) is 8.91. The molecular weight excluding hydrogens is 186 g/mol. The van der Waals surface area contributed by atoms with E-state index in [9.17, 15) is 0 Å². The lowest BCUT2D eigenvalue weighted by Crippen LogP contribution is -2.33. The molecule has 2 heteroatoms. The summed E-state index contributed by atoms with van der Waals surface area (Å²) in [4.78, 5) is 0. The number of hydrogen-bond acceptors (Lipinski definition) is 2. The Hall–Kier alpha value is -0.860. The van der Waals surface area contributed by atoms with Crippen LogP contribution in [0.15, 0.2) is 24.3 Å². The third-order valence-electron chi connectivity index (χ3n) is 3.29. The second-order valence-electron chi connectivity index (χ2n) is 4.47. The van der Waals surface area contributed by atoms with Gasteiger partial charge >= 0.3 is 0 Å². The fourth-order valence-electron chi connectivity index (χ4n) is 2.34. The second-order valence-corrected chi connectivity index (χ2v) is 4.47. The van der Waals surface area contributed by atoms with Gasteiger partial charge in [0.2, 0.25) is 0 Å². The largest absolute Gasteiger partial charge is 0.371 e. The van der Waals surface area contributed by atoms with Gasteiger partial charge in [-0.25, -0.2) is 0 Å². The number of morpholine rings is 1. The maximum Gasteiger partial charge on any atom is 0.0952 e. The molecule has 2 fully saturated rings. The molecule has 0 aromatic heterocycles. The average Bonchev–Trinajstić information content (AvgIpc) is 3.14. The first-order chi connectivity index (χ1) is 7.45. The van der Waals surface area contributed by atoms with Crippen LogP contribution in [0.4, 0.5) is 0 Å². The average molecular weight is 203 g/mol. The maximum absolute atomic E-state index is 5.82. The van der Waals surface area contributed by atoms with Crippen LogP contribution in [-0.2, 0) is 4.74 Å². The van der Waals surface area contributed by atoms with Crippen molar-refractivity contribution in [2.45, 2.75) is 24.9 Å². The van der Waals surface area contributed by atoms with Crippen LogP contribution in [-0.4, -0.2) is 19.7 Å². The Morgan fingerprint density at radius 2 is 1.93 bits per heavy atom. The minimum absolute atomic E-state index is 0.274. The third kappa shape index (κ3) is 1.92. The molecule has 1 N–H and O–H groups in total. The van der Waals surface area contributed by atoms with E-state index in [0.717, 1.165) is 25.6 Å². The summed E-state index contributed by atoms with van der Waals surface area (Å²) in [7, 11) is 0. The Morgan fingerprint density at radius 1 is 1.13 bits per heavy atom. The molecular formula is C13H17NO. The number of hydrogen-bond donors (Lipinski definition) is 1. The normalized spacial score (nSPS) is 26.5. The molecule has 2 nitrogen and oxygen atoms in total. The maximum atomic E-state index is 5.82. The van der Waals surface area contributed by atoms with Gasteiger partial charge in [-0.3, -0.25) is 0 Å². The molecule has 80 valence electrons. The predicted molar refractivity (Wildman–Crippen MR) is 60.0 cm³/mol. The second kappa shape index (κ2) is 3.95. The standard InChI is InChI=1S/C13H17NO/c1-2-4-12(11(3-1)10-5-6-10)13-9-14-7-8-15-13/h1-4,10,13-14H,5-9H2. The van der Waals surface area contributed by atoms with Crippen molar-refractivity contribution in [3.63, 3.8) is 0 Å². The molecule has 1 atom stereocenters. The van der Waals surface area contributed by atoms with Gasteiger partial charge in [0.15, 0.2) is 0 Å². The highest BCUT2D eigenvalue weighted by molar-refractivity contribution is 5.35. The van der Waals surface area contributed by atoms with E-state index in [1.54, 1.807) is 0 Å². The molecule has 1 unspecified atom stereocenters. The van der Waals surface area contributed by atoms with Crippen molar-refractivity contribution in [3.05, 3.63) is 35.4 Å². The van der Waals surface area contributed by atoms with Crippen LogP contribution >= 0.6 is 0 Å². The molecule has 0 bridgehead atoms. The fourth-order valence-corrected chi connectivity index (χ4v) is 2.34. The third-order valence-corrected chi connectivity index (χ3v) is 3.29. The Morgan fingerprint density at radius 3 is 2.60 bits per heavy atom. The first kappa shape index (κ1) is 9.37. The molecule has 2 aliphatic rings. The van der Waals surface area contributed by atoms with Crippen LogP contribution in [0.2, 0.25) is 0 Å². The summed E-state index contributed by atoms with van der Waals surface area (Å²) in [6, 6.07) is 8.77. The first-order valence-corrected chi connectivity index (χ1v) is 5.86. The van der Waals surface area contributed by atoms with Crippen molar-refractivity contribution < 1.29 is 4.74 Å². The van der Waals surface area contributed by atoms with Gasteiger partial charge in [0, 0.05) is 13.1 Å². The SMILES string of the molecule is c1ccc(C2CNCCO2)c(C2CC2)c1. The van der Waals surface area contributed by atoms with Crippen molar-refractivity contribution in [3.8, 4) is 0 Å². The van der Waals surface area contributed by atoms with Crippen molar-refractivity contribution >= 4 is 0 Å². The first-order valence-electron chi connectivity index (χ1n) is 5.86. The minimum atomic E-state index is 0.274. The molecule has 0 spiro atoms. The van der Waals surface area contributed by atoms with Crippen LogP contribution < -0.4 is 5.32 Å². The molecule has 1 heterocycles. The molecule has 0 radical (unpaired) electrons. The van der Waals surface area contributed by atoms with Gasteiger partial charge in [-0.15, -0.1) is 0 Å². The summed E-state index contributed by atoms with van der Waals surface area (Å²) in [6.07, 6.45) is 2.99. The Balaban J connectivity index is 1.88. The van der Waals surface area contributed by atoms with E-state index in [4.69, 9.17) is 4.74 Å². The molecule has 3 rings (SSSR count). The highest BCUT2D eigenvalue weighted by Crippen LogP contribution is 2.43. The molecule has 1 saturated carbocycles. The van der Waals surface area contributed by atoms with E-state index in [1.807, 2.05) is 0 Å². The smallest absolute Gasteiger partial charge is 0.0952 e. The summed E-state index contributed by atoms with van der Waals surface area (Å²) in [6.45, 7) is 2.79. The Bertz CT molecular complexity index is 340. The van der Waals surface area contributed by atoms with E-state index >= 15 is 0 Å². The summed E-state index contributed by atoms with van der Waals surface area (Å²) >= 11 is 0. The Kier molecular flexibility index (Phi) is 2.47. The van der Waals surface area contributed by atoms with Crippen LogP contribution in [0.3, 0.4) is 0 Å². The fraction of sp³-hybridized carbons (Fsp3) is 0.538. The van der Waals surface area contributed by atoms with Gasteiger partial charge in [0.1, 0.15) is 0 Å². The van der Waals surface area contributed by atoms with Crippen molar-refractivity contribution in [1.29, 1.82) is 0 Å². The van der Waals surface area contributed by atoms with Gasteiger partial charge in [-0.1, -0.05) is 24.3 Å². The lowest BCUT2D eigenvalue weighted by atomic mass is 9.98. The van der Waals surface area contributed by atoms with Crippen molar-refractivity contribution in [1.82, 2.24) is 5.32 Å². The van der Waals surface area contributed by atoms with Gasteiger partial charge in [-0.05, 0) is 29.9 Å². The molecule has 1 aliphatic heterocycles. The molecule has 1 aromatic carbocycles. The zero-order chi connectivity index (χ0) is 10.1.